The highest BCUT2D eigenvalue weighted by molar-refractivity contribution is 5.97. The van der Waals surface area contributed by atoms with Gasteiger partial charge in [-0.3, -0.25) is 9.69 Å². The summed E-state index contributed by atoms with van der Waals surface area (Å²) in [6, 6.07) is 1.76. The van der Waals surface area contributed by atoms with Gasteiger partial charge in [0.2, 0.25) is 0 Å². The largest absolute Gasteiger partial charge is 0.395 e. The Kier molecular flexibility index (Phi) is 5.18. The van der Waals surface area contributed by atoms with Crippen LogP contribution in [0.15, 0.2) is 18.5 Å². The first-order chi connectivity index (χ1) is 7.67. The molecule has 1 aromatic heterocycles. The third-order valence-electron chi connectivity index (χ3n) is 2.35. The number of aliphatic hydroxyl groups excluding tert-OH is 2. The second-order valence-electron chi connectivity index (χ2n) is 3.71. The van der Waals surface area contributed by atoms with Crippen LogP contribution in [0.25, 0.3) is 0 Å². The van der Waals surface area contributed by atoms with E-state index in [1.54, 1.807) is 17.2 Å². The Morgan fingerprint density at radius 3 is 2.44 bits per heavy atom. The smallest absolute Gasteiger partial charge is 0.178 e. The Hall–Kier alpha value is -1.17. The van der Waals surface area contributed by atoms with Gasteiger partial charge in [0.25, 0.3) is 0 Å². The first-order valence-electron chi connectivity index (χ1n) is 5.26. The van der Waals surface area contributed by atoms with Gasteiger partial charge in [0.05, 0.1) is 19.8 Å². The van der Waals surface area contributed by atoms with Crippen LogP contribution >= 0.6 is 0 Å². The summed E-state index contributed by atoms with van der Waals surface area (Å²) in [5.41, 5.74) is 0.656. The Bertz CT molecular complexity index is 330. The van der Waals surface area contributed by atoms with Gasteiger partial charge in [-0.25, -0.2) is 0 Å². The molecule has 1 rings (SSSR count). The summed E-state index contributed by atoms with van der Waals surface area (Å²) in [4.78, 5) is 13.5. The number of aromatic nitrogens is 1. The molecule has 0 spiro atoms. The normalized spacial score (nSPS) is 11.0. The molecule has 1 aromatic rings. The summed E-state index contributed by atoms with van der Waals surface area (Å²) in [5, 5.41) is 17.6. The SMILES string of the molecule is Cn1ccc(C(=O)CN(CCO)CCO)c1. The highest BCUT2D eigenvalue weighted by Crippen LogP contribution is 2.02. The second kappa shape index (κ2) is 6.42. The lowest BCUT2D eigenvalue weighted by atomic mass is 10.2. The van der Waals surface area contributed by atoms with Crippen molar-refractivity contribution in [2.45, 2.75) is 0 Å². The molecule has 0 bridgehead atoms. The molecule has 0 aliphatic rings. The van der Waals surface area contributed by atoms with E-state index in [1.165, 1.54) is 0 Å². The van der Waals surface area contributed by atoms with Crippen molar-refractivity contribution in [1.82, 2.24) is 9.47 Å². The molecule has 5 nitrogen and oxygen atoms in total. The molecular weight excluding hydrogens is 208 g/mol. The molecule has 90 valence electrons. The number of carbonyl (C=O) groups is 1. The fourth-order valence-electron chi connectivity index (χ4n) is 1.52. The van der Waals surface area contributed by atoms with Crippen LogP contribution in [0, 0.1) is 0 Å². The Morgan fingerprint density at radius 1 is 1.38 bits per heavy atom. The molecule has 0 aromatic carbocycles. The van der Waals surface area contributed by atoms with Gasteiger partial charge < -0.3 is 14.8 Å². The molecule has 0 fully saturated rings. The summed E-state index contributed by atoms with van der Waals surface area (Å²) >= 11 is 0. The number of nitrogens with zero attached hydrogens (tertiary/aromatic N) is 2. The van der Waals surface area contributed by atoms with Gasteiger partial charge in [0.15, 0.2) is 5.78 Å². The Labute approximate surface area is 94.9 Å². The minimum Gasteiger partial charge on any atom is -0.395 e. The molecule has 0 unspecified atom stereocenters. The standard InChI is InChI=1S/C11H18N2O3/c1-12-3-2-10(8-12)11(16)9-13(4-6-14)5-7-15/h2-3,8,14-15H,4-7,9H2,1H3. The predicted molar refractivity (Wildman–Crippen MR) is 60.4 cm³/mol. The molecule has 1 heterocycles. The van der Waals surface area contributed by atoms with E-state index in [0.29, 0.717) is 18.7 Å². The predicted octanol–water partition coefficient (Wildman–Crippen LogP) is -0.506. The van der Waals surface area contributed by atoms with Crippen molar-refractivity contribution >= 4 is 5.78 Å². The lowest BCUT2D eigenvalue weighted by Crippen LogP contribution is -2.34. The second-order valence-corrected chi connectivity index (χ2v) is 3.71. The molecule has 0 saturated heterocycles. The van der Waals surface area contributed by atoms with Crippen LogP contribution in [0.4, 0.5) is 0 Å². The van der Waals surface area contributed by atoms with Gasteiger partial charge >= 0.3 is 0 Å². The third-order valence-corrected chi connectivity index (χ3v) is 2.35. The van der Waals surface area contributed by atoms with Crippen LogP contribution in [-0.2, 0) is 7.05 Å². The fraction of sp³-hybridized carbons (Fsp3) is 0.545. The van der Waals surface area contributed by atoms with Crippen molar-refractivity contribution in [3.63, 3.8) is 0 Å². The molecule has 0 amide bonds. The van der Waals surface area contributed by atoms with Crippen LogP contribution < -0.4 is 0 Å². The Balaban J connectivity index is 2.54. The molecule has 0 aliphatic carbocycles. The zero-order valence-electron chi connectivity index (χ0n) is 9.46. The molecule has 0 atom stereocenters. The van der Waals surface area contributed by atoms with Crippen LogP contribution in [-0.4, -0.2) is 58.3 Å². The summed E-state index contributed by atoms with van der Waals surface area (Å²) in [5.74, 6) is 0.00231. The van der Waals surface area contributed by atoms with Gasteiger partial charge in [-0.05, 0) is 6.07 Å². The number of aliphatic hydroxyl groups is 2. The lowest BCUT2D eigenvalue weighted by molar-refractivity contribution is 0.0894. The van der Waals surface area contributed by atoms with Crippen LogP contribution in [0.3, 0.4) is 0 Å². The maximum Gasteiger partial charge on any atom is 0.178 e. The molecule has 0 saturated carbocycles. The summed E-state index contributed by atoms with van der Waals surface area (Å²) in [7, 11) is 1.86. The van der Waals surface area contributed by atoms with Gasteiger partial charge in [0, 0.05) is 38.1 Å². The first-order valence-corrected chi connectivity index (χ1v) is 5.26. The van der Waals surface area contributed by atoms with E-state index in [9.17, 15) is 4.79 Å². The average Bonchev–Trinajstić information content (AvgIpc) is 2.65. The molecule has 2 N–H and O–H groups in total. The molecule has 0 aliphatic heterocycles. The fourth-order valence-corrected chi connectivity index (χ4v) is 1.52. The number of hydrogen-bond acceptors (Lipinski definition) is 4. The quantitative estimate of drug-likeness (QED) is 0.615. The van der Waals surface area contributed by atoms with Crippen molar-refractivity contribution in [2.24, 2.45) is 7.05 Å². The van der Waals surface area contributed by atoms with Crippen molar-refractivity contribution in [3.8, 4) is 0 Å². The monoisotopic (exact) mass is 226 g/mol. The number of carbonyl (C=O) groups excluding carboxylic acids is 1. The zero-order chi connectivity index (χ0) is 12.0. The van der Waals surface area contributed by atoms with Crippen LogP contribution in [0.2, 0.25) is 0 Å². The number of ketones is 1. The van der Waals surface area contributed by atoms with E-state index in [-0.39, 0.29) is 25.5 Å². The third kappa shape index (κ3) is 3.77. The zero-order valence-corrected chi connectivity index (χ0v) is 9.46. The highest BCUT2D eigenvalue weighted by atomic mass is 16.3. The van der Waals surface area contributed by atoms with E-state index in [0.717, 1.165) is 0 Å². The van der Waals surface area contributed by atoms with E-state index >= 15 is 0 Å². The highest BCUT2D eigenvalue weighted by Gasteiger charge is 2.12. The summed E-state index contributed by atoms with van der Waals surface area (Å²) in [6.45, 7) is 1.01. The molecule has 5 heteroatoms. The van der Waals surface area contributed by atoms with Crippen LogP contribution in [0.1, 0.15) is 10.4 Å². The summed E-state index contributed by atoms with van der Waals surface area (Å²) in [6.07, 6.45) is 3.58. The average molecular weight is 226 g/mol. The van der Waals surface area contributed by atoms with Crippen molar-refractivity contribution in [2.75, 3.05) is 32.8 Å². The topological polar surface area (TPSA) is 65.7 Å². The molecule has 0 radical (unpaired) electrons. The van der Waals surface area contributed by atoms with E-state index in [2.05, 4.69) is 0 Å². The van der Waals surface area contributed by atoms with Gasteiger partial charge in [0.1, 0.15) is 0 Å². The van der Waals surface area contributed by atoms with Crippen molar-refractivity contribution < 1.29 is 15.0 Å². The first kappa shape index (κ1) is 12.9. The van der Waals surface area contributed by atoms with Gasteiger partial charge in [-0.15, -0.1) is 0 Å². The van der Waals surface area contributed by atoms with Gasteiger partial charge in [-0.2, -0.15) is 0 Å². The number of aryl methyl sites for hydroxylation is 1. The Morgan fingerprint density at radius 2 is 2.00 bits per heavy atom. The maximum atomic E-state index is 11.8. The summed E-state index contributed by atoms with van der Waals surface area (Å²) < 4.78 is 1.82. The maximum absolute atomic E-state index is 11.8. The molecular formula is C11H18N2O3. The number of hydrogen-bond donors (Lipinski definition) is 2. The lowest BCUT2D eigenvalue weighted by Gasteiger charge is -2.18. The van der Waals surface area contributed by atoms with E-state index in [4.69, 9.17) is 10.2 Å². The van der Waals surface area contributed by atoms with Crippen molar-refractivity contribution in [1.29, 1.82) is 0 Å². The minimum absolute atomic E-state index is 0.00231. The van der Waals surface area contributed by atoms with Crippen LogP contribution in [0.5, 0.6) is 0 Å². The number of Topliss-reactive ketones (excluding diaryl/α,β-unsaturated/α-hetero) is 1. The van der Waals surface area contributed by atoms with E-state index < -0.39 is 0 Å². The van der Waals surface area contributed by atoms with Gasteiger partial charge in [-0.1, -0.05) is 0 Å². The van der Waals surface area contributed by atoms with E-state index in [1.807, 2.05) is 17.8 Å². The number of rotatable bonds is 7. The van der Waals surface area contributed by atoms with Crippen molar-refractivity contribution in [3.05, 3.63) is 24.0 Å². The minimum atomic E-state index is -0.0118. The molecule has 16 heavy (non-hydrogen) atoms.